The van der Waals surface area contributed by atoms with Gasteiger partial charge in [-0.15, -0.1) is 0 Å². The van der Waals surface area contributed by atoms with E-state index in [1.165, 1.54) is 5.69 Å². The van der Waals surface area contributed by atoms with Gasteiger partial charge in [0.05, 0.1) is 15.9 Å². The molecule has 92 valence electrons. The Bertz CT molecular complexity index is 347. The van der Waals surface area contributed by atoms with Crippen LogP contribution in [0.1, 0.15) is 32.2 Å². The normalized spacial score (nSPS) is 13.4. The van der Waals surface area contributed by atoms with E-state index in [4.69, 9.17) is 0 Å². The molecule has 3 nitrogen and oxygen atoms in total. The average Bonchev–Trinajstić information content (AvgIpc) is 2.51. The fourth-order valence-corrected chi connectivity index (χ4v) is 2.58. The summed E-state index contributed by atoms with van der Waals surface area (Å²) in [5, 5.41) is 13.8. The summed E-state index contributed by atoms with van der Waals surface area (Å²) in [5.41, 5.74) is 2.28. The molecular formula is C12H21BrN2O. The van der Waals surface area contributed by atoms with E-state index >= 15 is 0 Å². The van der Waals surface area contributed by atoms with Gasteiger partial charge in [-0.1, -0.05) is 20.8 Å². The zero-order chi connectivity index (χ0) is 12.3. The molecule has 1 atom stereocenters. The molecule has 0 radical (unpaired) electrons. The third-order valence-electron chi connectivity index (χ3n) is 3.14. The zero-order valence-corrected chi connectivity index (χ0v) is 12.1. The standard InChI is InChI=1S/C12H21BrN2O/c1-5-10-12(13)11(15(4)14-10)6-9(7-16)8(2)3/h8-9,16H,5-7H2,1-4H3. The maximum absolute atomic E-state index is 9.36. The molecule has 1 aromatic rings. The molecular weight excluding hydrogens is 268 g/mol. The maximum atomic E-state index is 9.36. The van der Waals surface area contributed by atoms with Crippen LogP contribution in [0.2, 0.25) is 0 Å². The summed E-state index contributed by atoms with van der Waals surface area (Å²) in [6, 6.07) is 0. The Kier molecular flexibility index (Phi) is 4.99. The van der Waals surface area contributed by atoms with Crippen LogP contribution < -0.4 is 0 Å². The highest BCUT2D eigenvalue weighted by atomic mass is 79.9. The van der Waals surface area contributed by atoms with Gasteiger partial charge in [-0.25, -0.2) is 0 Å². The van der Waals surface area contributed by atoms with Crippen LogP contribution in [0.4, 0.5) is 0 Å². The van der Waals surface area contributed by atoms with E-state index in [-0.39, 0.29) is 6.61 Å². The largest absolute Gasteiger partial charge is 0.396 e. The second-order valence-electron chi connectivity index (χ2n) is 4.58. The van der Waals surface area contributed by atoms with Crippen LogP contribution in [0.25, 0.3) is 0 Å². The van der Waals surface area contributed by atoms with Crippen molar-refractivity contribution in [1.29, 1.82) is 0 Å². The predicted molar refractivity (Wildman–Crippen MR) is 69.4 cm³/mol. The van der Waals surface area contributed by atoms with Crippen molar-refractivity contribution >= 4 is 15.9 Å². The molecule has 0 aliphatic rings. The lowest BCUT2D eigenvalue weighted by Crippen LogP contribution is -2.18. The van der Waals surface area contributed by atoms with Crippen molar-refractivity contribution in [3.05, 3.63) is 15.9 Å². The SMILES string of the molecule is CCc1nn(C)c(CC(CO)C(C)C)c1Br. The lowest BCUT2D eigenvalue weighted by Gasteiger charge is -2.18. The van der Waals surface area contributed by atoms with E-state index < -0.39 is 0 Å². The Hall–Kier alpha value is -0.350. The fraction of sp³-hybridized carbons (Fsp3) is 0.750. The minimum absolute atomic E-state index is 0.233. The van der Waals surface area contributed by atoms with Crippen molar-refractivity contribution in [2.45, 2.75) is 33.6 Å². The van der Waals surface area contributed by atoms with Gasteiger partial charge in [-0.3, -0.25) is 4.68 Å². The number of halogens is 1. The van der Waals surface area contributed by atoms with Gasteiger partial charge in [0.15, 0.2) is 0 Å². The molecule has 0 aromatic carbocycles. The van der Waals surface area contributed by atoms with Crippen LogP contribution in [-0.4, -0.2) is 21.5 Å². The zero-order valence-electron chi connectivity index (χ0n) is 10.5. The van der Waals surface area contributed by atoms with Crippen LogP contribution in [0.5, 0.6) is 0 Å². The van der Waals surface area contributed by atoms with E-state index in [2.05, 4.69) is 41.8 Å². The summed E-state index contributed by atoms with van der Waals surface area (Å²) < 4.78 is 3.03. The first-order valence-corrected chi connectivity index (χ1v) is 6.61. The number of aromatic nitrogens is 2. The monoisotopic (exact) mass is 288 g/mol. The Morgan fingerprint density at radius 2 is 2.06 bits per heavy atom. The molecule has 4 heteroatoms. The van der Waals surface area contributed by atoms with Crippen molar-refractivity contribution < 1.29 is 5.11 Å². The predicted octanol–water partition coefficient (Wildman–Crippen LogP) is 2.55. The highest BCUT2D eigenvalue weighted by molar-refractivity contribution is 9.10. The van der Waals surface area contributed by atoms with Gasteiger partial charge in [0, 0.05) is 13.7 Å². The first-order chi connectivity index (χ1) is 7.51. The van der Waals surface area contributed by atoms with Gasteiger partial charge in [0.25, 0.3) is 0 Å². The minimum Gasteiger partial charge on any atom is -0.396 e. The Morgan fingerprint density at radius 1 is 1.44 bits per heavy atom. The highest BCUT2D eigenvalue weighted by Crippen LogP contribution is 2.26. The molecule has 1 rings (SSSR count). The van der Waals surface area contributed by atoms with Gasteiger partial charge in [0.1, 0.15) is 0 Å². The molecule has 1 heterocycles. The van der Waals surface area contributed by atoms with Crippen molar-refractivity contribution in [2.24, 2.45) is 18.9 Å². The molecule has 16 heavy (non-hydrogen) atoms. The van der Waals surface area contributed by atoms with Crippen molar-refractivity contribution in [2.75, 3.05) is 6.61 Å². The van der Waals surface area contributed by atoms with Crippen LogP contribution in [0, 0.1) is 11.8 Å². The molecule has 1 aromatic heterocycles. The van der Waals surface area contributed by atoms with E-state index in [0.717, 1.165) is 23.0 Å². The number of hydrogen-bond acceptors (Lipinski definition) is 2. The van der Waals surface area contributed by atoms with Crippen LogP contribution in [-0.2, 0) is 19.9 Å². The number of aliphatic hydroxyl groups is 1. The molecule has 1 N–H and O–H groups in total. The van der Waals surface area contributed by atoms with Crippen LogP contribution >= 0.6 is 15.9 Å². The first kappa shape index (κ1) is 13.7. The molecule has 0 saturated carbocycles. The summed E-state index contributed by atoms with van der Waals surface area (Å²) >= 11 is 3.60. The minimum atomic E-state index is 0.233. The summed E-state index contributed by atoms with van der Waals surface area (Å²) in [7, 11) is 1.97. The summed E-state index contributed by atoms with van der Waals surface area (Å²) in [6.07, 6.45) is 1.80. The average molecular weight is 289 g/mol. The molecule has 0 amide bonds. The number of aryl methyl sites for hydroxylation is 2. The topological polar surface area (TPSA) is 38.0 Å². The number of nitrogens with zero attached hydrogens (tertiary/aromatic N) is 2. The van der Waals surface area contributed by atoms with E-state index in [1.807, 2.05) is 11.7 Å². The smallest absolute Gasteiger partial charge is 0.0766 e. The highest BCUT2D eigenvalue weighted by Gasteiger charge is 2.19. The van der Waals surface area contributed by atoms with Gasteiger partial charge in [-0.05, 0) is 40.6 Å². The summed E-state index contributed by atoms with van der Waals surface area (Å²) in [5.74, 6) is 0.785. The lowest BCUT2D eigenvalue weighted by molar-refractivity contribution is 0.187. The van der Waals surface area contributed by atoms with Crippen molar-refractivity contribution in [1.82, 2.24) is 9.78 Å². The quantitative estimate of drug-likeness (QED) is 0.904. The Labute approximate surface area is 106 Å². The Balaban J connectivity index is 2.91. The number of rotatable bonds is 5. The van der Waals surface area contributed by atoms with Crippen molar-refractivity contribution in [3.8, 4) is 0 Å². The second kappa shape index (κ2) is 5.82. The lowest BCUT2D eigenvalue weighted by atomic mass is 9.92. The first-order valence-electron chi connectivity index (χ1n) is 5.82. The van der Waals surface area contributed by atoms with Crippen molar-refractivity contribution in [3.63, 3.8) is 0 Å². The van der Waals surface area contributed by atoms with Gasteiger partial charge in [-0.2, -0.15) is 5.10 Å². The Morgan fingerprint density at radius 3 is 2.44 bits per heavy atom. The molecule has 0 aliphatic heterocycles. The van der Waals surface area contributed by atoms with Gasteiger partial charge < -0.3 is 5.11 Å². The molecule has 1 unspecified atom stereocenters. The molecule has 0 saturated heterocycles. The third kappa shape index (κ3) is 2.86. The van der Waals surface area contributed by atoms with E-state index in [9.17, 15) is 5.11 Å². The van der Waals surface area contributed by atoms with Gasteiger partial charge in [0.2, 0.25) is 0 Å². The second-order valence-corrected chi connectivity index (χ2v) is 5.37. The maximum Gasteiger partial charge on any atom is 0.0766 e. The molecule has 0 fully saturated rings. The summed E-state index contributed by atoms with van der Waals surface area (Å²) in [4.78, 5) is 0. The molecule has 0 spiro atoms. The molecule has 0 aliphatic carbocycles. The third-order valence-corrected chi connectivity index (χ3v) is 4.05. The number of hydrogen-bond donors (Lipinski definition) is 1. The van der Waals surface area contributed by atoms with Crippen LogP contribution in [0.3, 0.4) is 0 Å². The fourth-order valence-electron chi connectivity index (χ4n) is 1.80. The number of aliphatic hydroxyl groups excluding tert-OH is 1. The van der Waals surface area contributed by atoms with Crippen LogP contribution in [0.15, 0.2) is 4.47 Å². The van der Waals surface area contributed by atoms with E-state index in [0.29, 0.717) is 11.8 Å². The molecule has 0 bridgehead atoms. The van der Waals surface area contributed by atoms with E-state index in [1.54, 1.807) is 0 Å². The summed E-state index contributed by atoms with van der Waals surface area (Å²) in [6.45, 7) is 6.62. The van der Waals surface area contributed by atoms with Gasteiger partial charge >= 0.3 is 0 Å².